The van der Waals surface area contributed by atoms with Gasteiger partial charge in [-0.3, -0.25) is 9.69 Å². The molecule has 0 saturated carbocycles. The lowest BCUT2D eigenvalue weighted by Crippen LogP contribution is -2.37. The Balaban J connectivity index is 1.76. The van der Waals surface area contributed by atoms with Gasteiger partial charge in [-0.05, 0) is 17.9 Å². The standard InChI is InChI=1S/C16H24N2O/c1-13(2)10-16(19)17-15-8-9-18(12-15)11-14-6-4-3-5-7-14/h3-7,13,15H,8-12H2,1-2H3,(H,17,19)/t15-/m0/s1. The van der Waals surface area contributed by atoms with E-state index in [9.17, 15) is 4.79 Å². The predicted octanol–water partition coefficient (Wildman–Crippen LogP) is 2.42. The number of carbonyl (C=O) groups is 1. The van der Waals surface area contributed by atoms with Crippen LogP contribution in [0.25, 0.3) is 0 Å². The van der Waals surface area contributed by atoms with Crippen molar-refractivity contribution in [2.45, 2.75) is 39.3 Å². The molecule has 1 fully saturated rings. The van der Waals surface area contributed by atoms with Crippen LogP contribution in [0.3, 0.4) is 0 Å². The summed E-state index contributed by atoms with van der Waals surface area (Å²) < 4.78 is 0. The molecule has 19 heavy (non-hydrogen) atoms. The Bertz CT molecular complexity index is 402. The molecule has 1 saturated heterocycles. The molecule has 1 aliphatic rings. The number of rotatable bonds is 5. The fourth-order valence-corrected chi connectivity index (χ4v) is 2.59. The van der Waals surface area contributed by atoms with E-state index in [0.717, 1.165) is 26.1 Å². The largest absolute Gasteiger partial charge is 0.352 e. The molecule has 0 unspecified atom stereocenters. The highest BCUT2D eigenvalue weighted by Crippen LogP contribution is 2.13. The molecule has 2 rings (SSSR count). The Morgan fingerprint density at radius 3 is 2.79 bits per heavy atom. The number of nitrogens with one attached hydrogen (secondary N) is 1. The lowest BCUT2D eigenvalue weighted by molar-refractivity contribution is -0.122. The van der Waals surface area contributed by atoms with Crippen LogP contribution < -0.4 is 5.32 Å². The Morgan fingerprint density at radius 2 is 2.11 bits per heavy atom. The number of amides is 1. The lowest BCUT2D eigenvalue weighted by Gasteiger charge is -2.17. The summed E-state index contributed by atoms with van der Waals surface area (Å²) in [5.41, 5.74) is 1.34. The van der Waals surface area contributed by atoms with Gasteiger partial charge in [-0.15, -0.1) is 0 Å². The summed E-state index contributed by atoms with van der Waals surface area (Å²) in [5, 5.41) is 3.15. The van der Waals surface area contributed by atoms with Crippen molar-refractivity contribution in [2.75, 3.05) is 13.1 Å². The van der Waals surface area contributed by atoms with Gasteiger partial charge >= 0.3 is 0 Å². The smallest absolute Gasteiger partial charge is 0.220 e. The number of carbonyl (C=O) groups excluding carboxylic acids is 1. The highest BCUT2D eigenvalue weighted by atomic mass is 16.1. The Morgan fingerprint density at radius 1 is 1.37 bits per heavy atom. The van der Waals surface area contributed by atoms with Gasteiger partial charge in [-0.2, -0.15) is 0 Å². The van der Waals surface area contributed by atoms with Crippen LogP contribution in [0.4, 0.5) is 0 Å². The third kappa shape index (κ3) is 4.67. The number of hydrogen-bond acceptors (Lipinski definition) is 2. The SMILES string of the molecule is CC(C)CC(=O)N[C@H]1CCN(Cc2ccccc2)C1. The summed E-state index contributed by atoms with van der Waals surface area (Å²) in [7, 11) is 0. The van der Waals surface area contributed by atoms with Gasteiger partial charge in [0.25, 0.3) is 0 Å². The van der Waals surface area contributed by atoms with Crippen LogP contribution in [0, 0.1) is 5.92 Å². The predicted molar refractivity (Wildman–Crippen MR) is 77.7 cm³/mol. The zero-order valence-electron chi connectivity index (χ0n) is 11.9. The van der Waals surface area contributed by atoms with Gasteiger partial charge in [0, 0.05) is 32.1 Å². The van der Waals surface area contributed by atoms with Crippen molar-refractivity contribution < 1.29 is 4.79 Å². The average molecular weight is 260 g/mol. The maximum absolute atomic E-state index is 11.7. The first-order chi connectivity index (χ1) is 9.13. The van der Waals surface area contributed by atoms with Gasteiger partial charge in [-0.1, -0.05) is 44.2 Å². The molecule has 0 aromatic heterocycles. The van der Waals surface area contributed by atoms with Gasteiger partial charge in [0.15, 0.2) is 0 Å². The minimum absolute atomic E-state index is 0.196. The van der Waals surface area contributed by atoms with Crippen LogP contribution >= 0.6 is 0 Å². The molecule has 1 N–H and O–H groups in total. The van der Waals surface area contributed by atoms with E-state index in [2.05, 4.69) is 48.3 Å². The van der Waals surface area contributed by atoms with E-state index in [0.29, 0.717) is 18.4 Å². The zero-order valence-corrected chi connectivity index (χ0v) is 11.9. The molecule has 1 amide bonds. The summed E-state index contributed by atoms with van der Waals surface area (Å²) in [5.74, 6) is 0.628. The molecule has 3 heteroatoms. The topological polar surface area (TPSA) is 32.3 Å². The lowest BCUT2D eigenvalue weighted by atomic mass is 10.1. The van der Waals surface area contributed by atoms with Crippen molar-refractivity contribution in [3.05, 3.63) is 35.9 Å². The van der Waals surface area contributed by atoms with Crippen LogP contribution in [0.15, 0.2) is 30.3 Å². The first-order valence-corrected chi connectivity index (χ1v) is 7.19. The van der Waals surface area contributed by atoms with Crippen LogP contribution in [0.5, 0.6) is 0 Å². The molecule has 0 spiro atoms. The van der Waals surface area contributed by atoms with Crippen LogP contribution in [-0.2, 0) is 11.3 Å². The van der Waals surface area contributed by atoms with E-state index in [1.165, 1.54) is 5.56 Å². The first-order valence-electron chi connectivity index (χ1n) is 7.19. The minimum atomic E-state index is 0.196. The molecule has 0 bridgehead atoms. The number of nitrogens with zero attached hydrogens (tertiary/aromatic N) is 1. The Kier molecular flexibility index (Phi) is 4.97. The highest BCUT2D eigenvalue weighted by Gasteiger charge is 2.23. The molecule has 1 aliphatic heterocycles. The zero-order chi connectivity index (χ0) is 13.7. The van der Waals surface area contributed by atoms with Gasteiger partial charge in [0.05, 0.1) is 0 Å². The molecule has 104 valence electrons. The van der Waals surface area contributed by atoms with E-state index >= 15 is 0 Å². The van der Waals surface area contributed by atoms with Gasteiger partial charge in [0.2, 0.25) is 5.91 Å². The maximum Gasteiger partial charge on any atom is 0.220 e. The average Bonchev–Trinajstić information content (AvgIpc) is 2.76. The first kappa shape index (κ1) is 14.1. The van der Waals surface area contributed by atoms with Crippen molar-refractivity contribution in [2.24, 2.45) is 5.92 Å². The Labute approximate surface area is 116 Å². The van der Waals surface area contributed by atoms with Crippen LogP contribution in [-0.4, -0.2) is 29.9 Å². The van der Waals surface area contributed by atoms with Gasteiger partial charge in [-0.25, -0.2) is 0 Å². The molecular formula is C16H24N2O. The molecule has 0 aliphatic carbocycles. The molecule has 1 aromatic carbocycles. The maximum atomic E-state index is 11.7. The van der Waals surface area contributed by atoms with Crippen molar-refractivity contribution in [3.8, 4) is 0 Å². The van der Waals surface area contributed by atoms with Gasteiger partial charge < -0.3 is 5.32 Å². The second kappa shape index (κ2) is 6.71. The van der Waals surface area contributed by atoms with E-state index in [1.54, 1.807) is 0 Å². The molecule has 1 atom stereocenters. The quantitative estimate of drug-likeness (QED) is 0.882. The van der Waals surface area contributed by atoms with E-state index in [1.807, 2.05) is 6.07 Å². The fraction of sp³-hybridized carbons (Fsp3) is 0.562. The van der Waals surface area contributed by atoms with Gasteiger partial charge in [0.1, 0.15) is 0 Å². The van der Waals surface area contributed by atoms with Crippen molar-refractivity contribution in [1.82, 2.24) is 10.2 Å². The van der Waals surface area contributed by atoms with Crippen LogP contribution in [0.2, 0.25) is 0 Å². The molecular weight excluding hydrogens is 236 g/mol. The van der Waals surface area contributed by atoms with Crippen molar-refractivity contribution in [1.29, 1.82) is 0 Å². The summed E-state index contributed by atoms with van der Waals surface area (Å²) >= 11 is 0. The van der Waals surface area contributed by atoms with E-state index < -0.39 is 0 Å². The summed E-state index contributed by atoms with van der Waals surface area (Å²) in [6.07, 6.45) is 1.70. The van der Waals surface area contributed by atoms with E-state index in [4.69, 9.17) is 0 Å². The monoisotopic (exact) mass is 260 g/mol. The van der Waals surface area contributed by atoms with Crippen molar-refractivity contribution in [3.63, 3.8) is 0 Å². The minimum Gasteiger partial charge on any atom is -0.352 e. The molecule has 1 heterocycles. The normalized spacial score (nSPS) is 19.8. The van der Waals surface area contributed by atoms with E-state index in [-0.39, 0.29) is 5.91 Å². The third-order valence-electron chi connectivity index (χ3n) is 3.48. The van der Waals surface area contributed by atoms with Crippen molar-refractivity contribution >= 4 is 5.91 Å². The highest BCUT2D eigenvalue weighted by molar-refractivity contribution is 5.76. The molecule has 3 nitrogen and oxygen atoms in total. The number of hydrogen-bond donors (Lipinski definition) is 1. The summed E-state index contributed by atoms with van der Waals surface area (Å²) in [6.45, 7) is 7.18. The molecule has 0 radical (unpaired) electrons. The summed E-state index contributed by atoms with van der Waals surface area (Å²) in [6, 6.07) is 10.8. The number of benzene rings is 1. The summed E-state index contributed by atoms with van der Waals surface area (Å²) in [4.78, 5) is 14.2. The fourth-order valence-electron chi connectivity index (χ4n) is 2.59. The second-order valence-corrected chi connectivity index (χ2v) is 5.87. The Hall–Kier alpha value is -1.35. The second-order valence-electron chi connectivity index (χ2n) is 5.87. The molecule has 1 aromatic rings. The number of likely N-dealkylation sites (tertiary alicyclic amines) is 1. The van der Waals surface area contributed by atoms with Crippen LogP contribution in [0.1, 0.15) is 32.3 Å². The third-order valence-corrected chi connectivity index (χ3v) is 3.48.